The lowest BCUT2D eigenvalue weighted by atomic mass is 9.98. The van der Waals surface area contributed by atoms with Crippen molar-refractivity contribution in [3.63, 3.8) is 0 Å². The molecule has 0 saturated heterocycles. The molecule has 0 heterocycles. The molecule has 1 radical (unpaired) electrons. The van der Waals surface area contributed by atoms with Crippen LogP contribution in [0.3, 0.4) is 0 Å². The first-order chi connectivity index (χ1) is 6.18. The molecule has 0 N–H and O–H groups in total. The van der Waals surface area contributed by atoms with Gasteiger partial charge < -0.3 is 4.74 Å². The van der Waals surface area contributed by atoms with Gasteiger partial charge in [-0.05, 0) is 46.2 Å². The Morgan fingerprint density at radius 1 is 1.46 bits per heavy atom. The molecule has 75 valence electrons. The smallest absolute Gasteiger partial charge is 0.320 e. The molecule has 1 aliphatic carbocycles. The minimum absolute atomic E-state index is 0.100. The number of hydrogen-bond donors (Lipinski definition) is 0. The van der Waals surface area contributed by atoms with Crippen LogP contribution >= 0.6 is 0 Å². The fourth-order valence-electron chi connectivity index (χ4n) is 1.50. The molecule has 1 aliphatic rings. The van der Waals surface area contributed by atoms with Gasteiger partial charge in [0.2, 0.25) is 0 Å². The molecule has 0 unspecified atom stereocenters. The Labute approximate surface area is 80.1 Å². The van der Waals surface area contributed by atoms with Crippen LogP contribution in [0.5, 0.6) is 0 Å². The van der Waals surface area contributed by atoms with Gasteiger partial charge in [0.25, 0.3) is 0 Å². The molecule has 0 atom stereocenters. The van der Waals surface area contributed by atoms with Gasteiger partial charge in [-0.25, -0.2) is 0 Å². The Bertz CT molecular complexity index is 162. The van der Waals surface area contributed by atoms with Gasteiger partial charge in [0.15, 0.2) is 0 Å². The number of rotatable bonds is 3. The number of esters is 1. The van der Waals surface area contributed by atoms with E-state index in [2.05, 4.69) is 6.42 Å². The zero-order valence-electron chi connectivity index (χ0n) is 8.45. The minimum atomic E-state index is -0.100. The van der Waals surface area contributed by atoms with E-state index >= 15 is 0 Å². The molecule has 0 aromatic rings. The molecular weight excluding hydrogens is 166 g/mol. The Hall–Kier alpha value is -0.570. The first-order valence-electron chi connectivity index (χ1n) is 4.84. The van der Waals surface area contributed by atoms with Crippen molar-refractivity contribution in [2.24, 2.45) is 0 Å². The van der Waals surface area contributed by atoms with Crippen molar-refractivity contribution in [1.29, 1.82) is 0 Å². The van der Waals surface area contributed by atoms with Crippen LogP contribution in [0.1, 0.15) is 25.7 Å². The minimum Gasteiger partial charge on any atom is -0.461 e. The van der Waals surface area contributed by atoms with Crippen LogP contribution in [-0.2, 0) is 9.53 Å². The predicted octanol–water partition coefficient (Wildman–Crippen LogP) is 1.24. The molecule has 1 fully saturated rings. The summed E-state index contributed by atoms with van der Waals surface area (Å²) in [7, 11) is 3.74. The maximum atomic E-state index is 11.2. The van der Waals surface area contributed by atoms with Gasteiger partial charge >= 0.3 is 5.97 Å². The summed E-state index contributed by atoms with van der Waals surface area (Å²) in [4.78, 5) is 13.1. The second-order valence-corrected chi connectivity index (χ2v) is 3.79. The third-order valence-corrected chi connectivity index (χ3v) is 2.13. The highest BCUT2D eigenvalue weighted by Gasteiger charge is 2.17. The summed E-state index contributed by atoms with van der Waals surface area (Å²) in [5.74, 6) is -0.100. The van der Waals surface area contributed by atoms with Crippen LogP contribution < -0.4 is 0 Å². The lowest BCUT2D eigenvalue weighted by Crippen LogP contribution is -2.28. The van der Waals surface area contributed by atoms with Crippen molar-refractivity contribution in [2.45, 2.75) is 31.8 Å². The fourth-order valence-corrected chi connectivity index (χ4v) is 1.50. The van der Waals surface area contributed by atoms with E-state index in [9.17, 15) is 4.79 Å². The van der Waals surface area contributed by atoms with Gasteiger partial charge in [-0.3, -0.25) is 9.69 Å². The van der Waals surface area contributed by atoms with Crippen molar-refractivity contribution in [3.05, 3.63) is 6.42 Å². The maximum absolute atomic E-state index is 11.2. The van der Waals surface area contributed by atoms with E-state index in [0.717, 1.165) is 25.7 Å². The van der Waals surface area contributed by atoms with Crippen LogP contribution in [0.25, 0.3) is 0 Å². The van der Waals surface area contributed by atoms with Crippen molar-refractivity contribution in [2.75, 3.05) is 20.6 Å². The van der Waals surface area contributed by atoms with E-state index in [1.165, 1.54) is 0 Å². The molecular formula is C10H18NO2. The van der Waals surface area contributed by atoms with Gasteiger partial charge in [-0.1, -0.05) is 0 Å². The van der Waals surface area contributed by atoms with E-state index in [4.69, 9.17) is 4.74 Å². The summed E-state index contributed by atoms with van der Waals surface area (Å²) in [6.07, 6.45) is 6.59. The predicted molar refractivity (Wildman–Crippen MR) is 51.2 cm³/mol. The summed E-state index contributed by atoms with van der Waals surface area (Å²) in [6, 6.07) is 0. The molecule has 1 rings (SSSR count). The van der Waals surface area contributed by atoms with Crippen LogP contribution in [0.15, 0.2) is 0 Å². The molecule has 0 aromatic heterocycles. The largest absolute Gasteiger partial charge is 0.461 e. The average Bonchev–Trinajstić information content (AvgIpc) is 2.04. The molecule has 0 aromatic carbocycles. The van der Waals surface area contributed by atoms with Crippen LogP contribution in [0, 0.1) is 6.42 Å². The number of ether oxygens (including phenoxy) is 1. The molecule has 0 aliphatic heterocycles. The van der Waals surface area contributed by atoms with Gasteiger partial charge in [0, 0.05) is 0 Å². The topological polar surface area (TPSA) is 29.5 Å². The Kier molecular flexibility index (Phi) is 4.22. The van der Waals surface area contributed by atoms with Crippen LogP contribution in [-0.4, -0.2) is 37.6 Å². The van der Waals surface area contributed by atoms with E-state index in [1.54, 1.807) is 0 Å². The zero-order valence-corrected chi connectivity index (χ0v) is 8.45. The highest BCUT2D eigenvalue weighted by Crippen LogP contribution is 2.19. The van der Waals surface area contributed by atoms with Crippen molar-refractivity contribution in [1.82, 2.24) is 4.90 Å². The highest BCUT2D eigenvalue weighted by molar-refractivity contribution is 5.71. The van der Waals surface area contributed by atoms with Crippen molar-refractivity contribution < 1.29 is 9.53 Å². The van der Waals surface area contributed by atoms with Crippen molar-refractivity contribution in [3.8, 4) is 0 Å². The standard InChI is InChI=1S/C10H18NO2/c1-11(2)8-10(12)13-9-6-4-3-5-7-9/h3,9H,4-8H2,1-2H3. The quantitative estimate of drug-likeness (QED) is 0.618. The molecule has 3 nitrogen and oxygen atoms in total. The number of nitrogens with zero attached hydrogens (tertiary/aromatic N) is 1. The first-order valence-corrected chi connectivity index (χ1v) is 4.84. The Balaban J connectivity index is 2.18. The lowest BCUT2D eigenvalue weighted by molar-refractivity contribution is -0.150. The average molecular weight is 184 g/mol. The summed E-state index contributed by atoms with van der Waals surface area (Å²) in [6.45, 7) is 0.389. The van der Waals surface area contributed by atoms with Gasteiger partial charge in [-0.15, -0.1) is 0 Å². The summed E-state index contributed by atoms with van der Waals surface area (Å²) in [5.41, 5.74) is 0. The van der Waals surface area contributed by atoms with E-state index < -0.39 is 0 Å². The fraction of sp³-hybridized carbons (Fsp3) is 0.800. The monoisotopic (exact) mass is 184 g/mol. The first kappa shape index (κ1) is 10.5. The van der Waals surface area contributed by atoms with Crippen molar-refractivity contribution >= 4 is 5.97 Å². The second-order valence-electron chi connectivity index (χ2n) is 3.79. The maximum Gasteiger partial charge on any atom is 0.320 e. The molecule has 1 saturated carbocycles. The number of hydrogen-bond acceptors (Lipinski definition) is 3. The molecule has 3 heteroatoms. The summed E-state index contributed by atoms with van der Waals surface area (Å²) >= 11 is 0. The molecule has 0 spiro atoms. The van der Waals surface area contributed by atoms with Crippen LogP contribution in [0.2, 0.25) is 0 Å². The number of carbonyl (C=O) groups excluding carboxylic acids is 1. The van der Waals surface area contributed by atoms with E-state index in [0.29, 0.717) is 6.54 Å². The normalized spacial score (nSPS) is 19.0. The number of carbonyl (C=O) groups is 1. The van der Waals surface area contributed by atoms with Crippen LogP contribution in [0.4, 0.5) is 0 Å². The zero-order chi connectivity index (χ0) is 9.68. The third kappa shape index (κ3) is 4.27. The van der Waals surface area contributed by atoms with E-state index in [-0.39, 0.29) is 12.1 Å². The molecule has 0 bridgehead atoms. The summed E-state index contributed by atoms with van der Waals surface area (Å²) in [5, 5.41) is 0. The van der Waals surface area contributed by atoms with Gasteiger partial charge in [0.1, 0.15) is 6.10 Å². The highest BCUT2D eigenvalue weighted by atomic mass is 16.5. The Morgan fingerprint density at radius 3 is 2.62 bits per heavy atom. The molecule has 13 heavy (non-hydrogen) atoms. The molecule has 0 amide bonds. The second kappa shape index (κ2) is 5.22. The third-order valence-electron chi connectivity index (χ3n) is 2.13. The van der Waals surface area contributed by atoms with E-state index in [1.807, 2.05) is 19.0 Å². The SMILES string of the molecule is CN(C)CC(=O)OC1CC[CH]CC1. The van der Waals surface area contributed by atoms with Gasteiger partial charge in [-0.2, -0.15) is 0 Å². The Morgan fingerprint density at radius 2 is 2.08 bits per heavy atom. The van der Waals surface area contributed by atoms with Gasteiger partial charge in [0.05, 0.1) is 6.54 Å². The summed E-state index contributed by atoms with van der Waals surface area (Å²) < 4.78 is 5.30. The number of likely N-dealkylation sites (N-methyl/N-ethyl adjacent to an activating group) is 1. The lowest BCUT2D eigenvalue weighted by Gasteiger charge is -2.22.